The van der Waals surface area contributed by atoms with Crippen LogP contribution >= 0.6 is 23.4 Å². The number of aliphatic imine (C=N–C) groups is 1. The van der Waals surface area contributed by atoms with Crippen molar-refractivity contribution in [3.05, 3.63) is 94.5 Å². The van der Waals surface area contributed by atoms with Gasteiger partial charge >= 0.3 is 0 Å². The first kappa shape index (κ1) is 24.6. The number of methoxy groups -OCH3 is 1. The van der Waals surface area contributed by atoms with Crippen molar-refractivity contribution in [1.29, 1.82) is 5.41 Å². The summed E-state index contributed by atoms with van der Waals surface area (Å²) in [5, 5.41) is 15.9. The van der Waals surface area contributed by atoms with Gasteiger partial charge in [-0.2, -0.15) is 15.1 Å². The molecule has 2 heterocycles. The highest BCUT2D eigenvalue weighted by atomic mass is 35.5. The van der Waals surface area contributed by atoms with Gasteiger partial charge in [-0.15, -0.1) is 0 Å². The molecular weight excluding hydrogens is 512 g/mol. The molecule has 3 aromatic rings. The highest BCUT2D eigenvalue weighted by Crippen LogP contribution is 2.34. The number of fused-ring (bicyclic) bond motifs is 1. The van der Waals surface area contributed by atoms with Crippen LogP contribution in [-0.2, 0) is 4.79 Å². The summed E-state index contributed by atoms with van der Waals surface area (Å²) in [4.78, 5) is 16.9. The summed E-state index contributed by atoms with van der Waals surface area (Å²) in [7, 11) is 1.54. The summed E-state index contributed by atoms with van der Waals surface area (Å²) < 4.78 is 16.9. The van der Waals surface area contributed by atoms with Gasteiger partial charge in [-0.1, -0.05) is 54.1 Å². The number of rotatable bonds is 8. The van der Waals surface area contributed by atoms with Gasteiger partial charge in [0.15, 0.2) is 17.3 Å². The largest absolute Gasteiger partial charge is 0.493 e. The van der Waals surface area contributed by atoms with E-state index in [1.54, 1.807) is 30.3 Å². The zero-order valence-corrected chi connectivity index (χ0v) is 21.3. The normalized spacial score (nSPS) is 15.8. The van der Waals surface area contributed by atoms with E-state index in [4.69, 9.17) is 31.2 Å². The number of halogens is 1. The lowest BCUT2D eigenvalue weighted by atomic mass is 10.1. The van der Waals surface area contributed by atoms with Gasteiger partial charge in [0.25, 0.3) is 5.91 Å². The number of nitrogens with zero attached hydrogens (tertiary/aromatic N) is 3. The van der Waals surface area contributed by atoms with Crippen molar-refractivity contribution < 1.29 is 19.0 Å². The predicted octanol–water partition coefficient (Wildman–Crippen LogP) is 5.47. The lowest BCUT2D eigenvalue weighted by Gasteiger charge is -2.20. The van der Waals surface area contributed by atoms with Gasteiger partial charge in [-0.3, -0.25) is 10.2 Å². The maximum absolute atomic E-state index is 12.8. The molecule has 0 fully saturated rings. The number of amidine groups is 2. The van der Waals surface area contributed by atoms with Gasteiger partial charge in [-0.05, 0) is 53.7 Å². The van der Waals surface area contributed by atoms with Crippen molar-refractivity contribution in [1.82, 2.24) is 5.01 Å². The van der Waals surface area contributed by atoms with Crippen LogP contribution in [0.25, 0.3) is 6.08 Å². The molecule has 1 N–H and O–H groups in total. The molecule has 1 amide bonds. The fraction of sp³-hybridized carbons (Fsp3) is 0.111. The molecule has 5 rings (SSSR count). The standard InChI is InChI=1S/C27H21ClN4O4S/c1-34-23-16-17(11-12-22(23)36-14-13-35-18-7-3-2-4-8-18)15-20-24(29)32-27(30-25(20)33)37-26(31-32)19-9-5-6-10-21(19)28/h2-12,15-16,29H,13-14H2,1H3/b20-15-,29-24?. The number of nitrogens with one attached hydrogen (secondary N) is 1. The quantitative estimate of drug-likeness (QED) is 0.305. The van der Waals surface area contributed by atoms with Crippen molar-refractivity contribution in [2.45, 2.75) is 0 Å². The van der Waals surface area contributed by atoms with E-state index >= 15 is 0 Å². The number of para-hydroxylation sites is 1. The monoisotopic (exact) mass is 532 g/mol. The van der Waals surface area contributed by atoms with Crippen LogP contribution in [0.4, 0.5) is 0 Å². The Bertz CT molecular complexity index is 1460. The van der Waals surface area contributed by atoms with Crippen LogP contribution in [0.3, 0.4) is 0 Å². The number of carbonyl (C=O) groups is 1. The summed E-state index contributed by atoms with van der Waals surface area (Å²) in [6.45, 7) is 0.695. The van der Waals surface area contributed by atoms with Crippen molar-refractivity contribution >= 4 is 51.4 Å². The number of hydrogen-bond donors (Lipinski definition) is 1. The average molecular weight is 533 g/mol. The molecule has 2 aliphatic rings. The summed E-state index contributed by atoms with van der Waals surface area (Å²) >= 11 is 7.50. The van der Waals surface area contributed by atoms with Crippen LogP contribution in [-0.4, -0.2) is 47.3 Å². The molecule has 0 aliphatic carbocycles. The fourth-order valence-corrected chi connectivity index (χ4v) is 4.84. The second kappa shape index (κ2) is 10.9. The number of hydrogen-bond acceptors (Lipinski definition) is 7. The summed E-state index contributed by atoms with van der Waals surface area (Å²) in [6, 6.07) is 22.0. The van der Waals surface area contributed by atoms with E-state index in [9.17, 15) is 4.79 Å². The molecule has 2 aliphatic heterocycles. The Morgan fingerprint density at radius 2 is 1.76 bits per heavy atom. The topological polar surface area (TPSA) is 96.6 Å². The summed E-state index contributed by atoms with van der Waals surface area (Å²) in [5.41, 5.74) is 1.48. The van der Waals surface area contributed by atoms with Gasteiger partial charge in [0.2, 0.25) is 5.17 Å². The Hall–Kier alpha value is -4.08. The Morgan fingerprint density at radius 3 is 2.54 bits per heavy atom. The number of benzene rings is 3. The van der Waals surface area contributed by atoms with Crippen LogP contribution in [0, 0.1) is 5.41 Å². The van der Waals surface area contributed by atoms with Crippen LogP contribution in [0.5, 0.6) is 17.2 Å². The summed E-state index contributed by atoms with van der Waals surface area (Å²) in [6.07, 6.45) is 1.59. The molecule has 0 bridgehead atoms. The predicted molar refractivity (Wildman–Crippen MR) is 146 cm³/mol. The number of ether oxygens (including phenoxy) is 3. The molecule has 10 heteroatoms. The number of amides is 1. The second-order valence-electron chi connectivity index (χ2n) is 7.83. The molecular formula is C27H21ClN4O4S. The lowest BCUT2D eigenvalue weighted by molar-refractivity contribution is -0.114. The molecule has 0 saturated carbocycles. The molecule has 3 aromatic carbocycles. The van der Waals surface area contributed by atoms with E-state index in [-0.39, 0.29) is 11.4 Å². The first-order valence-corrected chi connectivity index (χ1v) is 12.5. The number of carbonyl (C=O) groups excluding carboxylic acids is 1. The van der Waals surface area contributed by atoms with Crippen LogP contribution in [0.2, 0.25) is 5.02 Å². The molecule has 0 spiro atoms. The molecule has 186 valence electrons. The average Bonchev–Trinajstić information content (AvgIpc) is 3.34. The molecule has 0 atom stereocenters. The van der Waals surface area contributed by atoms with Gasteiger partial charge < -0.3 is 14.2 Å². The van der Waals surface area contributed by atoms with Gasteiger partial charge in [-0.25, -0.2) is 0 Å². The highest BCUT2D eigenvalue weighted by Gasteiger charge is 2.36. The number of thioether (sulfide) groups is 1. The zero-order valence-electron chi connectivity index (χ0n) is 19.7. The molecule has 37 heavy (non-hydrogen) atoms. The minimum absolute atomic E-state index is 0.0677. The Kier molecular flexibility index (Phi) is 7.25. The molecule has 0 unspecified atom stereocenters. The van der Waals surface area contributed by atoms with Crippen molar-refractivity contribution in [2.75, 3.05) is 20.3 Å². The van der Waals surface area contributed by atoms with E-state index in [2.05, 4.69) is 10.1 Å². The van der Waals surface area contributed by atoms with Crippen LogP contribution in [0.1, 0.15) is 11.1 Å². The zero-order chi connectivity index (χ0) is 25.8. The first-order chi connectivity index (χ1) is 18.0. The maximum atomic E-state index is 12.8. The second-order valence-corrected chi connectivity index (χ2v) is 9.19. The van der Waals surface area contributed by atoms with Crippen molar-refractivity contribution in [3.8, 4) is 17.2 Å². The molecule has 0 aromatic heterocycles. The smallest absolute Gasteiger partial charge is 0.283 e. The highest BCUT2D eigenvalue weighted by molar-refractivity contribution is 8.27. The summed E-state index contributed by atoms with van der Waals surface area (Å²) in [5.74, 6) is 1.21. The first-order valence-electron chi connectivity index (χ1n) is 11.3. The Morgan fingerprint density at radius 1 is 1.00 bits per heavy atom. The van der Waals surface area contributed by atoms with Crippen LogP contribution < -0.4 is 14.2 Å². The molecule has 0 radical (unpaired) electrons. The van der Waals surface area contributed by atoms with E-state index in [0.29, 0.717) is 51.1 Å². The van der Waals surface area contributed by atoms with E-state index in [0.717, 1.165) is 5.75 Å². The molecule has 0 saturated heterocycles. The third kappa shape index (κ3) is 5.37. The maximum Gasteiger partial charge on any atom is 0.283 e. The Balaban J connectivity index is 1.30. The SMILES string of the molecule is COc1cc(/C=C2/C(=N)N3N=C(c4ccccc4Cl)SC3=NC2=O)ccc1OCCOc1ccccc1. The van der Waals surface area contributed by atoms with E-state index in [1.165, 1.54) is 23.9 Å². The fourth-order valence-electron chi connectivity index (χ4n) is 3.62. The van der Waals surface area contributed by atoms with E-state index in [1.807, 2.05) is 48.5 Å². The van der Waals surface area contributed by atoms with Crippen LogP contribution in [0.15, 0.2) is 88.5 Å². The third-order valence-corrected chi connectivity index (χ3v) is 6.68. The van der Waals surface area contributed by atoms with Crippen molar-refractivity contribution in [3.63, 3.8) is 0 Å². The van der Waals surface area contributed by atoms with Crippen molar-refractivity contribution in [2.24, 2.45) is 10.1 Å². The third-order valence-electron chi connectivity index (χ3n) is 5.41. The van der Waals surface area contributed by atoms with Gasteiger partial charge in [0.1, 0.15) is 24.0 Å². The Labute approximate surface area is 222 Å². The minimum Gasteiger partial charge on any atom is -0.493 e. The van der Waals surface area contributed by atoms with Gasteiger partial charge in [0, 0.05) is 5.56 Å². The number of hydrazone groups is 1. The van der Waals surface area contributed by atoms with Gasteiger partial charge in [0.05, 0.1) is 17.7 Å². The minimum atomic E-state index is -0.517. The lowest BCUT2D eigenvalue weighted by Crippen LogP contribution is -2.35. The molecule has 8 nitrogen and oxygen atoms in total. The van der Waals surface area contributed by atoms with E-state index < -0.39 is 5.91 Å².